The number of furan rings is 1. The maximum absolute atomic E-state index is 14.8. The Hall–Kier alpha value is -5.30. The molecule has 1 amide bonds. The minimum absolute atomic E-state index is 0.115. The average molecular weight is 538 g/mol. The van der Waals surface area contributed by atoms with Crippen LogP contribution in [-0.2, 0) is 10.2 Å². The first-order chi connectivity index (χ1) is 20.1. The second-order valence-corrected chi connectivity index (χ2v) is 10.7. The number of benzene rings is 3. The predicted octanol–water partition coefficient (Wildman–Crippen LogP) is 5.81. The molecule has 0 bridgehead atoms. The van der Waals surface area contributed by atoms with E-state index in [1.807, 2.05) is 83.9 Å². The number of hydrogen-bond acceptors (Lipinski definition) is 6. The number of nitrogens with zero attached hydrogens (tertiary/aromatic N) is 2. The van der Waals surface area contributed by atoms with Crippen LogP contribution in [0, 0.1) is 5.92 Å². The lowest BCUT2D eigenvalue weighted by atomic mass is 9.63. The monoisotopic (exact) mass is 537 g/mol. The van der Waals surface area contributed by atoms with Gasteiger partial charge in [-0.05, 0) is 53.1 Å². The van der Waals surface area contributed by atoms with Crippen LogP contribution in [0.3, 0.4) is 0 Å². The number of carbonyl (C=O) groups excluding carboxylic acids is 3. The van der Waals surface area contributed by atoms with Crippen molar-refractivity contribution in [2.24, 2.45) is 5.92 Å². The maximum Gasteiger partial charge on any atom is 0.238 e. The first-order valence-electron chi connectivity index (χ1n) is 13.5. The fraction of sp³-hybridized carbons (Fsp3) is 0.118. The molecule has 1 spiro atoms. The van der Waals surface area contributed by atoms with Gasteiger partial charge >= 0.3 is 0 Å². The van der Waals surface area contributed by atoms with Crippen LogP contribution in [0.25, 0.3) is 17.0 Å². The lowest BCUT2D eigenvalue weighted by Crippen LogP contribution is -2.49. The number of carbonyl (C=O) groups is 3. The summed E-state index contributed by atoms with van der Waals surface area (Å²) in [6, 6.07) is 27.9. The molecule has 0 radical (unpaired) electrons. The Morgan fingerprint density at radius 3 is 2.51 bits per heavy atom. The van der Waals surface area contributed by atoms with Crippen molar-refractivity contribution >= 4 is 40.2 Å². The lowest BCUT2D eigenvalue weighted by molar-refractivity contribution is -0.122. The van der Waals surface area contributed by atoms with Crippen molar-refractivity contribution in [3.8, 4) is 0 Å². The summed E-state index contributed by atoms with van der Waals surface area (Å²) in [5, 5.41) is 3.83. The molecule has 0 saturated carbocycles. The van der Waals surface area contributed by atoms with Gasteiger partial charge in [0.05, 0.1) is 12.0 Å². The van der Waals surface area contributed by atoms with Crippen LogP contribution in [0.4, 0.5) is 5.69 Å². The lowest BCUT2D eigenvalue weighted by Gasteiger charge is -2.38. The number of amides is 1. The van der Waals surface area contributed by atoms with Gasteiger partial charge in [-0.1, -0.05) is 66.7 Å². The van der Waals surface area contributed by atoms with E-state index >= 15 is 0 Å². The maximum atomic E-state index is 14.8. The molecule has 4 atom stereocenters. The van der Waals surface area contributed by atoms with Gasteiger partial charge in [0.2, 0.25) is 17.5 Å². The Morgan fingerprint density at radius 1 is 0.878 bits per heavy atom. The van der Waals surface area contributed by atoms with E-state index in [1.165, 1.54) is 0 Å². The van der Waals surface area contributed by atoms with E-state index < -0.39 is 29.2 Å². The summed E-state index contributed by atoms with van der Waals surface area (Å²) < 4.78 is 6.08. The van der Waals surface area contributed by atoms with Crippen LogP contribution in [-0.4, -0.2) is 33.4 Å². The minimum Gasteiger partial charge on any atom is -0.453 e. The Bertz CT molecular complexity index is 1890. The quantitative estimate of drug-likeness (QED) is 0.291. The van der Waals surface area contributed by atoms with Crippen molar-refractivity contribution in [2.45, 2.75) is 17.5 Å². The van der Waals surface area contributed by atoms with Gasteiger partial charge < -0.3 is 14.6 Å². The average Bonchev–Trinajstić information content (AvgIpc) is 3.68. The molecule has 1 fully saturated rings. The van der Waals surface area contributed by atoms with Crippen molar-refractivity contribution in [1.29, 1.82) is 0 Å². The fourth-order valence-corrected chi connectivity index (χ4v) is 7.08. The number of pyridine rings is 1. The standard InChI is InChI=1S/C34H23N3O4/c38-30(25-14-7-8-17-35-25)29-28(31(39)27-19-21-10-2-6-15-26(21)41-27)34(23-12-4-5-13-24(23)36-33(34)40)32-22-11-3-1-9-20(22)16-18-37(29)32/h1-19,28-29,32H,(H,36,40)/t28-,29-,32+,34+/m0/s1. The molecule has 7 heteroatoms. The summed E-state index contributed by atoms with van der Waals surface area (Å²) >= 11 is 0. The molecule has 41 heavy (non-hydrogen) atoms. The number of nitrogens with one attached hydrogen (secondary N) is 1. The molecule has 198 valence electrons. The second kappa shape index (κ2) is 8.60. The molecule has 3 aliphatic rings. The van der Waals surface area contributed by atoms with Crippen molar-refractivity contribution < 1.29 is 18.8 Å². The SMILES string of the molecule is O=C(c1ccccn1)[C@@H]1[C@@H](C(=O)c2cc3ccccc3o2)[C@@]2(C(=O)Nc3ccccc32)[C@H]2c3ccccc3C=CN12. The van der Waals surface area contributed by atoms with Crippen LogP contribution in [0.5, 0.6) is 0 Å². The van der Waals surface area contributed by atoms with Crippen molar-refractivity contribution in [2.75, 3.05) is 5.32 Å². The van der Waals surface area contributed by atoms with Crippen molar-refractivity contribution in [3.05, 3.63) is 138 Å². The Morgan fingerprint density at radius 2 is 1.66 bits per heavy atom. The molecule has 1 saturated heterocycles. The fourth-order valence-electron chi connectivity index (χ4n) is 7.08. The number of ketones is 2. The van der Waals surface area contributed by atoms with Gasteiger partial charge in [0.25, 0.3) is 0 Å². The highest BCUT2D eigenvalue weighted by molar-refractivity contribution is 6.16. The van der Waals surface area contributed by atoms with E-state index in [2.05, 4.69) is 10.3 Å². The zero-order chi connectivity index (χ0) is 27.7. The zero-order valence-corrected chi connectivity index (χ0v) is 21.7. The van der Waals surface area contributed by atoms with Gasteiger partial charge in [-0.3, -0.25) is 19.4 Å². The van der Waals surface area contributed by atoms with Gasteiger partial charge in [0.15, 0.2) is 5.76 Å². The molecule has 0 aliphatic carbocycles. The summed E-state index contributed by atoms with van der Waals surface area (Å²) in [5.74, 6) is -2.04. The number of aromatic nitrogens is 1. The van der Waals surface area contributed by atoms with Crippen molar-refractivity contribution in [3.63, 3.8) is 0 Å². The number of fused-ring (bicyclic) bond motifs is 7. The molecule has 5 heterocycles. The van der Waals surface area contributed by atoms with Crippen molar-refractivity contribution in [1.82, 2.24) is 9.88 Å². The second-order valence-electron chi connectivity index (χ2n) is 10.7. The van der Waals surface area contributed by atoms with E-state index in [4.69, 9.17) is 4.42 Å². The number of rotatable bonds is 4. The van der Waals surface area contributed by atoms with E-state index in [0.29, 0.717) is 16.8 Å². The topological polar surface area (TPSA) is 92.5 Å². The number of Topliss-reactive ketones (excluding diaryl/α,β-unsaturated/α-hetero) is 2. The summed E-state index contributed by atoms with van der Waals surface area (Å²) in [7, 11) is 0. The third-order valence-electron chi connectivity index (χ3n) is 8.71. The van der Waals surface area contributed by atoms with E-state index in [1.54, 1.807) is 36.5 Å². The van der Waals surface area contributed by atoms with Gasteiger partial charge in [-0.2, -0.15) is 0 Å². The van der Waals surface area contributed by atoms with E-state index in [9.17, 15) is 14.4 Å². The van der Waals surface area contributed by atoms with Crippen LogP contribution < -0.4 is 5.32 Å². The van der Waals surface area contributed by atoms with E-state index in [-0.39, 0.29) is 23.1 Å². The molecule has 1 N–H and O–H groups in total. The molecular weight excluding hydrogens is 514 g/mol. The van der Waals surface area contributed by atoms with Gasteiger partial charge in [0, 0.05) is 23.5 Å². The molecule has 5 aromatic rings. The normalized spacial score (nSPS) is 23.8. The third-order valence-corrected chi connectivity index (χ3v) is 8.71. The molecule has 2 aromatic heterocycles. The summed E-state index contributed by atoms with van der Waals surface area (Å²) in [6.45, 7) is 0. The first kappa shape index (κ1) is 23.6. The molecule has 0 unspecified atom stereocenters. The van der Waals surface area contributed by atoms with Crippen LogP contribution >= 0.6 is 0 Å². The molecular formula is C34H23N3O4. The Kier molecular flexibility index (Phi) is 4.94. The smallest absolute Gasteiger partial charge is 0.238 e. The highest BCUT2D eigenvalue weighted by Gasteiger charge is 2.71. The predicted molar refractivity (Wildman–Crippen MR) is 153 cm³/mol. The minimum atomic E-state index is -1.41. The largest absolute Gasteiger partial charge is 0.453 e. The number of hydrogen-bond donors (Lipinski definition) is 1. The Balaban J connectivity index is 1.43. The molecule has 7 nitrogen and oxygen atoms in total. The molecule has 3 aliphatic heterocycles. The van der Waals surface area contributed by atoms with Crippen LogP contribution in [0.15, 0.2) is 114 Å². The van der Waals surface area contributed by atoms with Gasteiger partial charge in [-0.15, -0.1) is 0 Å². The first-order valence-corrected chi connectivity index (χ1v) is 13.5. The van der Waals surface area contributed by atoms with Crippen LogP contribution in [0.1, 0.15) is 43.8 Å². The highest BCUT2D eigenvalue weighted by Crippen LogP contribution is 2.62. The summed E-state index contributed by atoms with van der Waals surface area (Å²) in [5.41, 5.74) is 2.52. The Labute approximate surface area is 235 Å². The number of anilines is 1. The van der Waals surface area contributed by atoms with E-state index in [0.717, 1.165) is 16.5 Å². The molecule has 8 rings (SSSR count). The zero-order valence-electron chi connectivity index (χ0n) is 21.7. The summed E-state index contributed by atoms with van der Waals surface area (Å²) in [6.07, 6.45) is 5.34. The van der Waals surface area contributed by atoms with Gasteiger partial charge in [0.1, 0.15) is 22.7 Å². The number of para-hydroxylation sites is 2. The van der Waals surface area contributed by atoms with Gasteiger partial charge in [-0.25, -0.2) is 0 Å². The highest BCUT2D eigenvalue weighted by atomic mass is 16.3. The molecule has 3 aromatic carbocycles. The van der Waals surface area contributed by atoms with Crippen LogP contribution in [0.2, 0.25) is 0 Å². The third kappa shape index (κ3) is 3.14. The summed E-state index contributed by atoms with van der Waals surface area (Å²) in [4.78, 5) is 50.0.